The second kappa shape index (κ2) is 10.6. The van der Waals surface area contributed by atoms with Crippen molar-refractivity contribution in [1.29, 1.82) is 5.41 Å². The molecule has 1 aliphatic carbocycles. The van der Waals surface area contributed by atoms with E-state index in [0.29, 0.717) is 28.0 Å². The van der Waals surface area contributed by atoms with Crippen LogP contribution in [-0.4, -0.2) is 13.1 Å². The van der Waals surface area contributed by atoms with E-state index < -0.39 is 0 Å². The molecule has 0 aromatic heterocycles. The summed E-state index contributed by atoms with van der Waals surface area (Å²) in [5.74, 6) is 0.222. The molecule has 0 unspecified atom stereocenters. The zero-order chi connectivity index (χ0) is 24.1. The molecule has 176 valence electrons. The molecule has 0 atom stereocenters. The smallest absolute Gasteiger partial charge is 0.338 e. The lowest BCUT2D eigenvalue weighted by Crippen LogP contribution is -2.08. The van der Waals surface area contributed by atoms with Gasteiger partial charge in [-0.15, -0.1) is 0 Å². The number of nitrogens with two attached hydrogens (primary N) is 1. The van der Waals surface area contributed by atoms with Crippen LogP contribution >= 0.6 is 0 Å². The Morgan fingerprint density at radius 2 is 1.76 bits per heavy atom. The average Bonchev–Trinajstić information content (AvgIpc) is 2.84. The molecule has 34 heavy (non-hydrogen) atoms. The minimum absolute atomic E-state index is 0.360. The number of esters is 1. The molecule has 5 nitrogen and oxygen atoms in total. The number of benzene rings is 3. The van der Waals surface area contributed by atoms with Gasteiger partial charge in [0.25, 0.3) is 0 Å². The lowest BCUT2D eigenvalue weighted by molar-refractivity contribution is 0.0601. The minimum atomic E-state index is -0.366. The van der Waals surface area contributed by atoms with Gasteiger partial charge in [-0.25, -0.2) is 4.79 Å². The molecule has 0 bridgehead atoms. The maximum atomic E-state index is 12.9. The second-order valence-electron chi connectivity index (χ2n) is 8.79. The van der Waals surface area contributed by atoms with Crippen molar-refractivity contribution in [3.8, 4) is 22.5 Å². The van der Waals surface area contributed by atoms with Crippen molar-refractivity contribution in [3.63, 3.8) is 0 Å². The third kappa shape index (κ3) is 4.84. The van der Waals surface area contributed by atoms with E-state index in [4.69, 9.17) is 20.3 Å². The van der Waals surface area contributed by atoms with Crippen LogP contribution in [0.25, 0.3) is 33.4 Å². The fraction of sp³-hybridized carbons (Fsp3) is 0.310. The topological polar surface area (TPSA) is 89.3 Å². The number of aryl methyl sites for hydroxylation is 1. The van der Waals surface area contributed by atoms with E-state index in [0.717, 1.165) is 46.9 Å². The SMILES string of the molecule is CCCCCCCCc1cccc(C(=O)OC)c1-c1c2ccc(=N)cc-2oc2cc(N)ccc12. The first-order valence-corrected chi connectivity index (χ1v) is 12.0. The first kappa shape index (κ1) is 23.6. The fourth-order valence-corrected chi connectivity index (χ4v) is 4.66. The standard InChI is InChI=1S/C29H32N2O3/c1-3-4-5-6-7-8-10-19-11-9-12-24(29(32)33-2)27(19)28-22-15-13-20(30)17-25(22)34-26-18-21(31)14-16-23(26)28/h9,11-18,30H,3-8,10,31H2,1-2H3. The number of carbonyl (C=O) groups excluding carboxylic acids is 1. The summed E-state index contributed by atoms with van der Waals surface area (Å²) in [5.41, 5.74) is 11.6. The molecule has 0 amide bonds. The van der Waals surface area contributed by atoms with Crippen molar-refractivity contribution in [1.82, 2.24) is 0 Å². The summed E-state index contributed by atoms with van der Waals surface area (Å²) in [7, 11) is 1.41. The summed E-state index contributed by atoms with van der Waals surface area (Å²) in [6, 6.07) is 16.8. The number of hydrogen-bond donors (Lipinski definition) is 2. The number of unbranched alkanes of at least 4 members (excludes halogenated alkanes) is 5. The van der Waals surface area contributed by atoms with E-state index in [2.05, 4.69) is 13.0 Å². The lowest BCUT2D eigenvalue weighted by Gasteiger charge is -2.20. The molecular formula is C29H32N2O3. The number of carbonyl (C=O) groups is 1. The molecule has 3 N–H and O–H groups in total. The average molecular weight is 457 g/mol. The third-order valence-electron chi connectivity index (χ3n) is 6.35. The van der Waals surface area contributed by atoms with Crippen LogP contribution in [-0.2, 0) is 11.2 Å². The Hall–Kier alpha value is -3.60. The highest BCUT2D eigenvalue weighted by molar-refractivity contribution is 6.09. The van der Waals surface area contributed by atoms with Crippen molar-refractivity contribution in [2.45, 2.75) is 51.9 Å². The number of nitrogens with one attached hydrogen (secondary N) is 1. The molecule has 0 saturated heterocycles. The van der Waals surface area contributed by atoms with Gasteiger partial charge in [0.15, 0.2) is 0 Å². The van der Waals surface area contributed by atoms with Crippen molar-refractivity contribution in [2.75, 3.05) is 12.8 Å². The van der Waals surface area contributed by atoms with Gasteiger partial charge >= 0.3 is 5.97 Å². The summed E-state index contributed by atoms with van der Waals surface area (Å²) in [4.78, 5) is 12.9. The van der Waals surface area contributed by atoms with Crippen LogP contribution in [0.2, 0.25) is 0 Å². The van der Waals surface area contributed by atoms with Crippen LogP contribution in [0.1, 0.15) is 61.4 Å². The van der Waals surface area contributed by atoms with Crippen LogP contribution in [0.4, 0.5) is 5.69 Å². The zero-order valence-corrected chi connectivity index (χ0v) is 19.9. The Kier molecular flexibility index (Phi) is 7.31. The van der Waals surface area contributed by atoms with Crippen molar-refractivity contribution in [3.05, 3.63) is 71.1 Å². The van der Waals surface area contributed by atoms with Crippen molar-refractivity contribution >= 4 is 22.6 Å². The molecule has 5 heteroatoms. The van der Waals surface area contributed by atoms with Crippen LogP contribution < -0.4 is 11.1 Å². The number of rotatable bonds is 9. The monoisotopic (exact) mass is 456 g/mol. The summed E-state index contributed by atoms with van der Waals surface area (Å²) < 4.78 is 11.3. The lowest BCUT2D eigenvalue weighted by atomic mass is 9.86. The molecule has 2 aliphatic rings. The Bertz CT molecular complexity index is 1340. The van der Waals surface area contributed by atoms with Gasteiger partial charge in [0.05, 0.1) is 18.0 Å². The highest BCUT2D eigenvalue weighted by atomic mass is 16.5. The van der Waals surface area contributed by atoms with Gasteiger partial charge in [0, 0.05) is 39.9 Å². The molecule has 2 aromatic rings. The third-order valence-corrected chi connectivity index (χ3v) is 6.35. The summed E-state index contributed by atoms with van der Waals surface area (Å²) in [5, 5.41) is 9.32. The predicted molar refractivity (Wildman–Crippen MR) is 137 cm³/mol. The van der Waals surface area contributed by atoms with E-state index in [1.54, 1.807) is 18.2 Å². The van der Waals surface area contributed by atoms with Gasteiger partial charge < -0.3 is 20.3 Å². The maximum Gasteiger partial charge on any atom is 0.338 e. The van der Waals surface area contributed by atoms with Crippen LogP contribution in [0.3, 0.4) is 0 Å². The summed E-state index contributed by atoms with van der Waals surface area (Å²) >= 11 is 0. The number of hydrogen-bond acceptors (Lipinski definition) is 5. The first-order valence-electron chi connectivity index (χ1n) is 12.0. The minimum Gasteiger partial charge on any atom is -0.465 e. The largest absolute Gasteiger partial charge is 0.465 e. The molecule has 4 rings (SSSR count). The Morgan fingerprint density at radius 3 is 2.56 bits per heavy atom. The van der Waals surface area contributed by atoms with Crippen LogP contribution in [0, 0.1) is 5.41 Å². The molecule has 2 aromatic carbocycles. The number of methoxy groups -OCH3 is 1. The van der Waals surface area contributed by atoms with Gasteiger partial charge in [0.2, 0.25) is 0 Å². The van der Waals surface area contributed by atoms with Crippen LogP contribution in [0.5, 0.6) is 0 Å². The Labute approximate surface area is 200 Å². The normalized spacial score (nSPS) is 11.2. The molecule has 0 radical (unpaired) electrons. The molecular weight excluding hydrogens is 424 g/mol. The number of fused-ring (bicyclic) bond motifs is 2. The van der Waals surface area contributed by atoms with E-state index in [1.807, 2.05) is 30.3 Å². The number of ether oxygens (including phenoxy) is 1. The van der Waals surface area contributed by atoms with E-state index in [9.17, 15) is 4.79 Å². The van der Waals surface area contributed by atoms with Crippen molar-refractivity contribution < 1.29 is 13.9 Å². The molecule has 1 heterocycles. The summed E-state index contributed by atoms with van der Waals surface area (Å²) in [6.07, 6.45) is 8.07. The zero-order valence-electron chi connectivity index (χ0n) is 19.9. The molecule has 1 aliphatic heterocycles. The van der Waals surface area contributed by atoms with Gasteiger partial charge in [-0.1, -0.05) is 51.2 Å². The highest BCUT2D eigenvalue weighted by Crippen LogP contribution is 2.43. The highest BCUT2D eigenvalue weighted by Gasteiger charge is 2.24. The quantitative estimate of drug-likeness (QED) is 0.123. The van der Waals surface area contributed by atoms with Gasteiger partial charge in [-0.3, -0.25) is 0 Å². The predicted octanol–water partition coefficient (Wildman–Crippen LogP) is 6.96. The fourth-order valence-electron chi connectivity index (χ4n) is 4.66. The Morgan fingerprint density at radius 1 is 0.971 bits per heavy atom. The molecule has 0 saturated carbocycles. The van der Waals surface area contributed by atoms with Crippen LogP contribution in [0.15, 0.2) is 59.0 Å². The van der Waals surface area contributed by atoms with Gasteiger partial charge in [0.1, 0.15) is 11.3 Å². The van der Waals surface area contributed by atoms with E-state index in [-0.39, 0.29) is 5.97 Å². The molecule has 0 fully saturated rings. The second-order valence-corrected chi connectivity index (χ2v) is 8.79. The number of nitrogen functional groups attached to an aromatic ring is 1. The van der Waals surface area contributed by atoms with E-state index >= 15 is 0 Å². The van der Waals surface area contributed by atoms with Gasteiger partial charge in [-0.2, -0.15) is 0 Å². The van der Waals surface area contributed by atoms with Gasteiger partial charge in [-0.05, 0) is 48.7 Å². The first-order chi connectivity index (χ1) is 16.5. The number of anilines is 1. The maximum absolute atomic E-state index is 12.9. The molecule has 0 spiro atoms. The van der Waals surface area contributed by atoms with E-state index in [1.165, 1.54) is 32.8 Å². The summed E-state index contributed by atoms with van der Waals surface area (Å²) in [6.45, 7) is 2.22. The van der Waals surface area contributed by atoms with Crippen molar-refractivity contribution in [2.24, 2.45) is 0 Å². The Balaban J connectivity index is 1.92.